The predicted molar refractivity (Wildman–Crippen MR) is 88.4 cm³/mol. The van der Waals surface area contributed by atoms with Gasteiger partial charge in [-0.1, -0.05) is 23.9 Å². The summed E-state index contributed by atoms with van der Waals surface area (Å²) >= 11 is 1.36. The molecule has 0 unspecified atom stereocenters. The molecule has 6 heteroatoms. The number of thioether (sulfide) groups is 1. The van der Waals surface area contributed by atoms with Crippen LogP contribution in [0.2, 0.25) is 0 Å². The number of ether oxygens (including phenoxy) is 1. The molecular weight excluding hydrogens is 316 g/mol. The molecule has 0 fully saturated rings. The van der Waals surface area contributed by atoms with E-state index in [-0.39, 0.29) is 27.9 Å². The van der Waals surface area contributed by atoms with Crippen molar-refractivity contribution in [1.82, 2.24) is 0 Å². The monoisotopic (exact) mass is 330 g/mol. The van der Waals surface area contributed by atoms with Crippen molar-refractivity contribution in [2.45, 2.75) is 10.8 Å². The van der Waals surface area contributed by atoms with Crippen molar-refractivity contribution >= 4 is 22.7 Å². The van der Waals surface area contributed by atoms with Gasteiger partial charge in [0.15, 0.2) is 10.5 Å². The molecule has 0 aliphatic rings. The lowest BCUT2D eigenvalue weighted by Crippen LogP contribution is -2.00. The van der Waals surface area contributed by atoms with Crippen LogP contribution in [0.3, 0.4) is 0 Å². The normalized spacial score (nSPS) is 10.8. The summed E-state index contributed by atoms with van der Waals surface area (Å²) in [4.78, 5) is 12.2. The van der Waals surface area contributed by atoms with Crippen molar-refractivity contribution < 1.29 is 19.4 Å². The second-order valence-corrected chi connectivity index (χ2v) is 5.88. The Kier molecular flexibility index (Phi) is 4.16. The minimum absolute atomic E-state index is 0.139. The van der Waals surface area contributed by atoms with Crippen molar-refractivity contribution in [3.63, 3.8) is 0 Å². The lowest BCUT2D eigenvalue weighted by Gasteiger charge is -2.06. The predicted octanol–water partition coefficient (Wildman–Crippen LogP) is 3.51. The molecule has 0 atom stereocenters. The van der Waals surface area contributed by atoms with E-state index in [1.807, 2.05) is 0 Å². The number of hydrogen-bond donors (Lipinski definition) is 2. The Bertz CT molecular complexity index is 899. The fourth-order valence-electron chi connectivity index (χ4n) is 2.16. The Morgan fingerprint density at radius 3 is 2.57 bits per heavy atom. The van der Waals surface area contributed by atoms with Crippen LogP contribution in [-0.4, -0.2) is 17.3 Å². The largest absolute Gasteiger partial charge is 0.508 e. The second-order valence-electron chi connectivity index (χ2n) is 4.90. The molecule has 0 aliphatic heterocycles. The van der Waals surface area contributed by atoms with Crippen molar-refractivity contribution in [3.8, 4) is 17.2 Å². The summed E-state index contributed by atoms with van der Waals surface area (Å²) in [5.41, 5.74) is 0.964. The van der Waals surface area contributed by atoms with E-state index in [0.717, 1.165) is 5.56 Å². The summed E-state index contributed by atoms with van der Waals surface area (Å²) in [5, 5.41) is 19.8. The second kappa shape index (κ2) is 6.26. The molecule has 1 heterocycles. The third kappa shape index (κ3) is 3.27. The molecule has 118 valence electrons. The first-order chi connectivity index (χ1) is 11.1. The highest BCUT2D eigenvalue weighted by molar-refractivity contribution is 7.98. The van der Waals surface area contributed by atoms with Crippen LogP contribution in [0.25, 0.3) is 11.0 Å². The quantitative estimate of drug-likeness (QED) is 0.713. The number of hydrogen-bond acceptors (Lipinski definition) is 6. The molecule has 0 aliphatic carbocycles. The summed E-state index contributed by atoms with van der Waals surface area (Å²) in [6, 6.07) is 11.1. The summed E-state index contributed by atoms with van der Waals surface area (Å²) in [6.07, 6.45) is 0. The minimum Gasteiger partial charge on any atom is -0.508 e. The molecular formula is C17H14O5S. The highest BCUT2D eigenvalue weighted by Crippen LogP contribution is 2.31. The molecule has 0 bridgehead atoms. The molecule has 1 aromatic heterocycles. The standard InChI is InChI=1S/C17H14O5S/c1-21-12-6-13(19)17-14(20)8-16(22-15(17)7-12)23-9-10-2-4-11(18)5-3-10/h2-8,18-19H,9H2,1H3. The van der Waals surface area contributed by atoms with Crippen molar-refractivity contribution in [2.24, 2.45) is 0 Å². The van der Waals surface area contributed by atoms with Gasteiger partial charge >= 0.3 is 0 Å². The van der Waals surface area contributed by atoms with Crippen LogP contribution in [0.4, 0.5) is 0 Å². The third-order valence-corrected chi connectivity index (χ3v) is 4.28. The Morgan fingerprint density at radius 1 is 1.13 bits per heavy atom. The van der Waals surface area contributed by atoms with E-state index in [9.17, 15) is 15.0 Å². The minimum atomic E-state index is -0.306. The molecule has 5 nitrogen and oxygen atoms in total. The molecule has 0 amide bonds. The number of phenolic OH excluding ortho intramolecular Hbond substituents is 2. The Balaban J connectivity index is 1.92. The number of rotatable bonds is 4. The maximum atomic E-state index is 12.2. The molecule has 2 N–H and O–H groups in total. The fourth-order valence-corrected chi connectivity index (χ4v) is 3.00. The van der Waals surface area contributed by atoms with Crippen molar-refractivity contribution in [3.05, 3.63) is 58.3 Å². The zero-order chi connectivity index (χ0) is 16.4. The average molecular weight is 330 g/mol. The summed E-state index contributed by atoms with van der Waals surface area (Å²) < 4.78 is 10.8. The van der Waals surface area contributed by atoms with Crippen LogP contribution in [0.15, 0.2) is 56.8 Å². The SMILES string of the molecule is COc1cc(O)c2c(=O)cc(SCc3ccc(O)cc3)oc2c1. The van der Waals surface area contributed by atoms with Crippen molar-refractivity contribution in [1.29, 1.82) is 0 Å². The Morgan fingerprint density at radius 2 is 1.87 bits per heavy atom. The molecule has 0 saturated heterocycles. The van der Waals surface area contributed by atoms with Crippen LogP contribution in [0.5, 0.6) is 17.2 Å². The van der Waals surface area contributed by atoms with E-state index < -0.39 is 0 Å². The zero-order valence-corrected chi connectivity index (χ0v) is 13.1. The first-order valence-corrected chi connectivity index (χ1v) is 7.81. The highest BCUT2D eigenvalue weighted by Gasteiger charge is 2.12. The van der Waals surface area contributed by atoms with E-state index in [0.29, 0.717) is 16.6 Å². The van der Waals surface area contributed by atoms with Gasteiger partial charge in [0, 0.05) is 24.0 Å². The first kappa shape index (κ1) is 15.3. The van der Waals surface area contributed by atoms with Gasteiger partial charge < -0.3 is 19.4 Å². The van der Waals surface area contributed by atoms with E-state index in [1.165, 1.54) is 31.0 Å². The van der Waals surface area contributed by atoms with Crippen LogP contribution in [-0.2, 0) is 5.75 Å². The van der Waals surface area contributed by atoms with Crippen LogP contribution in [0, 0.1) is 0 Å². The number of benzene rings is 2. The van der Waals surface area contributed by atoms with Gasteiger partial charge in [-0.05, 0) is 17.7 Å². The maximum Gasteiger partial charge on any atom is 0.197 e. The first-order valence-electron chi connectivity index (χ1n) is 6.82. The summed E-state index contributed by atoms with van der Waals surface area (Å²) in [6.45, 7) is 0. The molecule has 2 aromatic carbocycles. The van der Waals surface area contributed by atoms with Crippen LogP contribution in [0.1, 0.15) is 5.56 Å². The van der Waals surface area contributed by atoms with Crippen LogP contribution < -0.4 is 10.2 Å². The van der Waals surface area contributed by atoms with E-state index in [2.05, 4.69) is 0 Å². The average Bonchev–Trinajstić information content (AvgIpc) is 2.53. The topological polar surface area (TPSA) is 79.9 Å². The van der Waals surface area contributed by atoms with Gasteiger partial charge in [0.2, 0.25) is 0 Å². The van der Waals surface area contributed by atoms with Gasteiger partial charge in [0.1, 0.15) is 28.2 Å². The summed E-state index contributed by atoms with van der Waals surface area (Å²) in [7, 11) is 1.47. The van der Waals surface area contributed by atoms with E-state index >= 15 is 0 Å². The van der Waals surface area contributed by atoms with E-state index in [4.69, 9.17) is 9.15 Å². The smallest absolute Gasteiger partial charge is 0.197 e. The van der Waals surface area contributed by atoms with Crippen LogP contribution >= 0.6 is 11.8 Å². The molecule has 0 spiro atoms. The molecule has 23 heavy (non-hydrogen) atoms. The number of aromatic hydroxyl groups is 2. The van der Waals surface area contributed by atoms with Gasteiger partial charge in [0.05, 0.1) is 7.11 Å². The van der Waals surface area contributed by atoms with E-state index in [1.54, 1.807) is 30.3 Å². The lowest BCUT2D eigenvalue weighted by atomic mass is 10.2. The molecule has 0 saturated carbocycles. The van der Waals surface area contributed by atoms with Gasteiger partial charge in [-0.2, -0.15) is 0 Å². The highest BCUT2D eigenvalue weighted by atomic mass is 32.2. The van der Waals surface area contributed by atoms with Gasteiger partial charge in [0.25, 0.3) is 0 Å². The van der Waals surface area contributed by atoms with Gasteiger partial charge in [-0.25, -0.2) is 0 Å². The Labute approximate surface area is 136 Å². The number of fused-ring (bicyclic) bond motifs is 1. The zero-order valence-electron chi connectivity index (χ0n) is 12.3. The summed E-state index contributed by atoms with van der Waals surface area (Å²) in [5.74, 6) is 1.05. The fraction of sp³-hybridized carbons (Fsp3) is 0.118. The van der Waals surface area contributed by atoms with Gasteiger partial charge in [-0.15, -0.1) is 0 Å². The Hall–Kier alpha value is -2.60. The third-order valence-electron chi connectivity index (χ3n) is 3.31. The molecule has 3 aromatic rings. The lowest BCUT2D eigenvalue weighted by molar-refractivity contribution is 0.406. The maximum absolute atomic E-state index is 12.2. The molecule has 0 radical (unpaired) electrons. The molecule has 3 rings (SSSR count). The number of methoxy groups -OCH3 is 1. The number of phenols is 2. The van der Waals surface area contributed by atoms with Crippen molar-refractivity contribution in [2.75, 3.05) is 7.11 Å². The van der Waals surface area contributed by atoms with Gasteiger partial charge in [-0.3, -0.25) is 4.79 Å².